The standard InChI is InChI=1S/C9H21N3O4S/c1-3-8(5-6-10)7-11-17(14,15)12-9(13)16-4-2/h8,11H,3-7,10H2,1-2H3,(H,12,13). The summed E-state index contributed by atoms with van der Waals surface area (Å²) in [6, 6.07) is 0. The zero-order chi connectivity index (χ0) is 13.3. The molecule has 1 atom stereocenters. The van der Waals surface area contributed by atoms with Crippen LogP contribution in [-0.2, 0) is 14.9 Å². The highest BCUT2D eigenvalue weighted by molar-refractivity contribution is 7.88. The number of hydrogen-bond acceptors (Lipinski definition) is 5. The van der Waals surface area contributed by atoms with Crippen LogP contribution in [-0.4, -0.2) is 34.2 Å². The van der Waals surface area contributed by atoms with Gasteiger partial charge in [-0.3, -0.25) is 0 Å². The van der Waals surface area contributed by atoms with Gasteiger partial charge in [-0.2, -0.15) is 13.1 Å². The van der Waals surface area contributed by atoms with Gasteiger partial charge in [0, 0.05) is 6.54 Å². The van der Waals surface area contributed by atoms with Crippen LogP contribution in [0.2, 0.25) is 0 Å². The number of carbonyl (C=O) groups excluding carboxylic acids is 1. The van der Waals surface area contributed by atoms with Gasteiger partial charge in [0.05, 0.1) is 6.61 Å². The molecule has 0 saturated heterocycles. The van der Waals surface area contributed by atoms with Crippen LogP contribution >= 0.6 is 0 Å². The molecule has 7 nitrogen and oxygen atoms in total. The van der Waals surface area contributed by atoms with Crippen molar-refractivity contribution < 1.29 is 17.9 Å². The number of carbonyl (C=O) groups is 1. The second-order valence-corrected chi connectivity index (χ2v) is 5.03. The maximum Gasteiger partial charge on any atom is 0.421 e. The first-order valence-electron chi connectivity index (χ1n) is 5.59. The van der Waals surface area contributed by atoms with E-state index in [1.165, 1.54) is 0 Å². The minimum Gasteiger partial charge on any atom is -0.449 e. The Kier molecular flexibility index (Phi) is 7.85. The maximum absolute atomic E-state index is 11.4. The Morgan fingerprint density at radius 3 is 2.53 bits per heavy atom. The lowest BCUT2D eigenvalue weighted by molar-refractivity contribution is 0.158. The molecule has 1 amide bonds. The second kappa shape index (κ2) is 8.26. The van der Waals surface area contributed by atoms with Crippen molar-refractivity contribution in [3.8, 4) is 0 Å². The molecular weight excluding hydrogens is 246 g/mol. The Morgan fingerprint density at radius 2 is 2.06 bits per heavy atom. The van der Waals surface area contributed by atoms with Gasteiger partial charge in [-0.15, -0.1) is 0 Å². The summed E-state index contributed by atoms with van der Waals surface area (Å²) in [6.07, 6.45) is 0.573. The monoisotopic (exact) mass is 267 g/mol. The predicted molar refractivity (Wildman–Crippen MR) is 64.5 cm³/mol. The third-order valence-electron chi connectivity index (χ3n) is 2.21. The summed E-state index contributed by atoms with van der Waals surface area (Å²) >= 11 is 0. The Bertz CT molecular complexity index is 318. The van der Waals surface area contributed by atoms with Crippen LogP contribution in [0.3, 0.4) is 0 Å². The number of hydrogen-bond donors (Lipinski definition) is 3. The number of amides is 1. The number of nitrogens with one attached hydrogen (secondary N) is 2. The topological polar surface area (TPSA) is 111 Å². The molecular formula is C9H21N3O4S. The van der Waals surface area contributed by atoms with E-state index in [-0.39, 0.29) is 19.1 Å². The maximum atomic E-state index is 11.4. The molecule has 0 heterocycles. The minimum absolute atomic E-state index is 0.117. The molecule has 0 aromatic rings. The quantitative estimate of drug-likeness (QED) is 0.570. The summed E-state index contributed by atoms with van der Waals surface area (Å²) in [5.74, 6) is 0.166. The Labute approximate surface area is 102 Å². The van der Waals surface area contributed by atoms with Gasteiger partial charge in [0.2, 0.25) is 0 Å². The molecule has 0 radical (unpaired) electrons. The Balaban J connectivity index is 4.12. The summed E-state index contributed by atoms with van der Waals surface area (Å²) in [5.41, 5.74) is 5.40. The van der Waals surface area contributed by atoms with Gasteiger partial charge in [0.25, 0.3) is 0 Å². The Hall–Kier alpha value is -0.860. The van der Waals surface area contributed by atoms with Gasteiger partial charge < -0.3 is 10.5 Å². The fourth-order valence-corrected chi connectivity index (χ4v) is 2.03. The van der Waals surface area contributed by atoms with Gasteiger partial charge in [0.1, 0.15) is 0 Å². The molecule has 0 fully saturated rings. The van der Waals surface area contributed by atoms with E-state index in [9.17, 15) is 13.2 Å². The van der Waals surface area contributed by atoms with Crippen molar-refractivity contribution >= 4 is 16.3 Å². The number of rotatable bonds is 8. The van der Waals surface area contributed by atoms with E-state index in [4.69, 9.17) is 5.73 Å². The lowest BCUT2D eigenvalue weighted by Crippen LogP contribution is -2.42. The van der Waals surface area contributed by atoms with Gasteiger partial charge in [-0.05, 0) is 25.8 Å². The van der Waals surface area contributed by atoms with Crippen LogP contribution in [0.15, 0.2) is 0 Å². The van der Waals surface area contributed by atoms with E-state index in [0.29, 0.717) is 6.54 Å². The van der Waals surface area contributed by atoms with E-state index in [1.807, 2.05) is 6.92 Å². The molecule has 0 aromatic carbocycles. The smallest absolute Gasteiger partial charge is 0.421 e. The van der Waals surface area contributed by atoms with Crippen LogP contribution in [0.1, 0.15) is 26.7 Å². The molecule has 1 unspecified atom stereocenters. The average Bonchev–Trinajstić information content (AvgIpc) is 2.23. The van der Waals surface area contributed by atoms with Crippen molar-refractivity contribution in [3.05, 3.63) is 0 Å². The van der Waals surface area contributed by atoms with E-state index < -0.39 is 16.3 Å². The second-order valence-electron chi connectivity index (χ2n) is 3.53. The van der Waals surface area contributed by atoms with Crippen molar-refractivity contribution in [1.29, 1.82) is 0 Å². The van der Waals surface area contributed by atoms with Crippen LogP contribution in [0.25, 0.3) is 0 Å². The van der Waals surface area contributed by atoms with Gasteiger partial charge in [-0.1, -0.05) is 13.3 Å². The third-order valence-corrected chi connectivity index (χ3v) is 3.19. The average molecular weight is 267 g/mol. The highest BCUT2D eigenvalue weighted by Crippen LogP contribution is 2.05. The molecule has 0 aliphatic carbocycles. The molecule has 0 bridgehead atoms. The SMILES string of the molecule is CCOC(=O)NS(=O)(=O)NCC(CC)CCN. The number of nitrogens with two attached hydrogens (primary N) is 1. The highest BCUT2D eigenvalue weighted by Gasteiger charge is 2.16. The molecule has 0 rings (SSSR count). The van der Waals surface area contributed by atoms with E-state index in [0.717, 1.165) is 12.8 Å². The molecule has 0 aliphatic heterocycles. The van der Waals surface area contributed by atoms with Crippen LogP contribution < -0.4 is 15.2 Å². The molecule has 102 valence electrons. The van der Waals surface area contributed by atoms with Gasteiger partial charge in [-0.25, -0.2) is 9.52 Å². The van der Waals surface area contributed by atoms with E-state index >= 15 is 0 Å². The molecule has 8 heteroatoms. The lowest BCUT2D eigenvalue weighted by atomic mass is 10.0. The van der Waals surface area contributed by atoms with E-state index in [2.05, 4.69) is 9.46 Å². The van der Waals surface area contributed by atoms with Gasteiger partial charge in [0.15, 0.2) is 0 Å². The first-order valence-corrected chi connectivity index (χ1v) is 7.07. The van der Waals surface area contributed by atoms with Crippen LogP contribution in [0, 0.1) is 5.92 Å². The normalized spacial score (nSPS) is 13.1. The fraction of sp³-hybridized carbons (Fsp3) is 0.889. The van der Waals surface area contributed by atoms with Crippen molar-refractivity contribution in [2.45, 2.75) is 26.7 Å². The van der Waals surface area contributed by atoms with Crippen molar-refractivity contribution in [2.24, 2.45) is 11.7 Å². The number of ether oxygens (including phenoxy) is 1. The molecule has 4 N–H and O–H groups in total. The lowest BCUT2D eigenvalue weighted by Gasteiger charge is -2.14. The molecule has 0 aliphatic rings. The summed E-state index contributed by atoms with van der Waals surface area (Å²) in [5, 5.41) is 0. The van der Waals surface area contributed by atoms with Crippen molar-refractivity contribution in [3.63, 3.8) is 0 Å². The highest BCUT2D eigenvalue weighted by atomic mass is 32.2. The van der Waals surface area contributed by atoms with Crippen molar-refractivity contribution in [2.75, 3.05) is 19.7 Å². The minimum atomic E-state index is -3.84. The first-order chi connectivity index (χ1) is 7.95. The zero-order valence-electron chi connectivity index (χ0n) is 10.2. The molecule has 0 spiro atoms. The molecule has 0 saturated carbocycles. The largest absolute Gasteiger partial charge is 0.449 e. The zero-order valence-corrected chi connectivity index (χ0v) is 11.0. The Morgan fingerprint density at radius 1 is 1.41 bits per heavy atom. The fourth-order valence-electron chi connectivity index (χ4n) is 1.22. The van der Waals surface area contributed by atoms with Crippen LogP contribution in [0.5, 0.6) is 0 Å². The van der Waals surface area contributed by atoms with E-state index in [1.54, 1.807) is 11.6 Å². The molecule has 17 heavy (non-hydrogen) atoms. The summed E-state index contributed by atoms with van der Waals surface area (Å²) < 4.78 is 31.3. The summed E-state index contributed by atoms with van der Waals surface area (Å²) in [7, 11) is -3.84. The third kappa shape index (κ3) is 7.94. The summed E-state index contributed by atoms with van der Waals surface area (Å²) in [4.78, 5) is 10.9. The molecule has 0 aromatic heterocycles. The van der Waals surface area contributed by atoms with Gasteiger partial charge >= 0.3 is 16.3 Å². The first kappa shape index (κ1) is 16.1. The predicted octanol–water partition coefficient (Wildman–Crippen LogP) is -0.0581. The van der Waals surface area contributed by atoms with Crippen LogP contribution in [0.4, 0.5) is 4.79 Å². The van der Waals surface area contributed by atoms with Crippen molar-refractivity contribution in [1.82, 2.24) is 9.44 Å². The summed E-state index contributed by atoms with van der Waals surface area (Å²) in [6.45, 7) is 4.42.